The first kappa shape index (κ1) is 23.4. The predicted molar refractivity (Wildman–Crippen MR) is 125 cm³/mol. The largest absolute Gasteiger partial charge is 0.369 e. The van der Waals surface area contributed by atoms with Crippen LogP contribution in [0.25, 0.3) is 0 Å². The van der Waals surface area contributed by atoms with Crippen LogP contribution in [0.2, 0.25) is 0 Å². The lowest BCUT2D eigenvalue weighted by atomic mass is 9.96. The fourth-order valence-corrected chi connectivity index (χ4v) is 4.47. The standard InChI is InChI=1S/C24H39N5O2/c1-20(28-15-17-29(18-16-28)22-11-6-3-7-12-22)19-26-23(30)13-8-14-25-24(31)27-21-9-4-2-5-10-21/h3,6-7,11-12,20-21H,2,4-5,8-10,13-19H2,1H3,(H,26,30)(H2,25,27,31). The lowest BCUT2D eigenvalue weighted by Gasteiger charge is -2.39. The Hall–Kier alpha value is -2.28. The van der Waals surface area contributed by atoms with Crippen molar-refractivity contribution in [2.45, 2.75) is 64.0 Å². The third-order valence-electron chi connectivity index (χ3n) is 6.46. The van der Waals surface area contributed by atoms with Crippen LogP contribution in [0.15, 0.2) is 30.3 Å². The molecule has 1 aromatic rings. The third-order valence-corrected chi connectivity index (χ3v) is 6.46. The topological polar surface area (TPSA) is 76.7 Å². The minimum Gasteiger partial charge on any atom is -0.369 e. The van der Waals surface area contributed by atoms with Crippen molar-refractivity contribution < 1.29 is 9.59 Å². The zero-order valence-corrected chi connectivity index (χ0v) is 18.9. The average Bonchev–Trinajstić information content (AvgIpc) is 2.81. The van der Waals surface area contributed by atoms with Crippen LogP contribution in [-0.4, -0.2) is 68.2 Å². The van der Waals surface area contributed by atoms with Crippen LogP contribution in [0.5, 0.6) is 0 Å². The Labute approximate surface area is 186 Å². The number of para-hydroxylation sites is 1. The molecule has 3 rings (SSSR count). The van der Waals surface area contributed by atoms with Gasteiger partial charge in [-0.3, -0.25) is 9.69 Å². The van der Waals surface area contributed by atoms with Crippen molar-refractivity contribution in [3.8, 4) is 0 Å². The molecule has 1 saturated carbocycles. The molecule has 0 radical (unpaired) electrons. The molecule has 1 unspecified atom stereocenters. The zero-order chi connectivity index (χ0) is 21.9. The summed E-state index contributed by atoms with van der Waals surface area (Å²) in [4.78, 5) is 28.9. The van der Waals surface area contributed by atoms with Gasteiger partial charge in [0.2, 0.25) is 5.91 Å². The number of nitrogens with one attached hydrogen (secondary N) is 3. The number of piperazine rings is 1. The van der Waals surface area contributed by atoms with E-state index in [1.54, 1.807) is 0 Å². The fourth-order valence-electron chi connectivity index (χ4n) is 4.47. The number of anilines is 1. The molecule has 2 aliphatic rings. The van der Waals surface area contributed by atoms with E-state index in [-0.39, 0.29) is 11.9 Å². The second-order valence-corrected chi connectivity index (χ2v) is 8.85. The Kier molecular flexibility index (Phi) is 9.46. The maximum Gasteiger partial charge on any atom is 0.315 e. The van der Waals surface area contributed by atoms with E-state index in [9.17, 15) is 9.59 Å². The molecule has 7 heteroatoms. The average molecular weight is 430 g/mol. The lowest BCUT2D eigenvalue weighted by Crippen LogP contribution is -2.52. The molecule has 172 valence electrons. The summed E-state index contributed by atoms with van der Waals surface area (Å²) in [5, 5.41) is 8.97. The van der Waals surface area contributed by atoms with Crippen LogP contribution in [0.1, 0.15) is 51.9 Å². The minimum atomic E-state index is -0.101. The van der Waals surface area contributed by atoms with Gasteiger partial charge in [-0.25, -0.2) is 4.79 Å². The molecule has 7 nitrogen and oxygen atoms in total. The van der Waals surface area contributed by atoms with E-state index in [1.165, 1.54) is 24.9 Å². The molecule has 0 spiro atoms. The van der Waals surface area contributed by atoms with Gasteiger partial charge in [0.25, 0.3) is 0 Å². The van der Waals surface area contributed by atoms with E-state index in [2.05, 4.69) is 56.9 Å². The number of carbonyl (C=O) groups excluding carboxylic acids is 2. The maximum absolute atomic E-state index is 12.2. The van der Waals surface area contributed by atoms with Crippen LogP contribution < -0.4 is 20.9 Å². The monoisotopic (exact) mass is 429 g/mol. The van der Waals surface area contributed by atoms with Crippen molar-refractivity contribution in [3.63, 3.8) is 0 Å². The van der Waals surface area contributed by atoms with E-state index >= 15 is 0 Å². The van der Waals surface area contributed by atoms with Crippen LogP contribution in [0, 0.1) is 0 Å². The summed E-state index contributed by atoms with van der Waals surface area (Å²) in [6.45, 7) is 7.41. The molecule has 2 fully saturated rings. The molecule has 1 atom stereocenters. The first-order chi connectivity index (χ1) is 15.1. The molecule has 1 heterocycles. The van der Waals surface area contributed by atoms with Crippen LogP contribution >= 0.6 is 0 Å². The number of urea groups is 1. The number of benzene rings is 1. The second kappa shape index (κ2) is 12.5. The molecule has 0 bridgehead atoms. The summed E-state index contributed by atoms with van der Waals surface area (Å²) in [5.41, 5.74) is 1.28. The summed E-state index contributed by atoms with van der Waals surface area (Å²) in [5.74, 6) is 0.0595. The van der Waals surface area contributed by atoms with Crippen molar-refractivity contribution >= 4 is 17.6 Å². The van der Waals surface area contributed by atoms with Crippen LogP contribution in [0.3, 0.4) is 0 Å². The Morgan fingerprint density at radius 1 is 1.00 bits per heavy atom. The highest BCUT2D eigenvalue weighted by molar-refractivity contribution is 5.76. The Balaban J connectivity index is 1.23. The summed E-state index contributed by atoms with van der Waals surface area (Å²) < 4.78 is 0. The zero-order valence-electron chi connectivity index (χ0n) is 18.9. The fraction of sp³-hybridized carbons (Fsp3) is 0.667. The van der Waals surface area contributed by atoms with Crippen molar-refractivity contribution in [2.24, 2.45) is 0 Å². The molecule has 3 amide bonds. The van der Waals surface area contributed by atoms with E-state index in [4.69, 9.17) is 0 Å². The molecule has 1 saturated heterocycles. The molecular weight excluding hydrogens is 390 g/mol. The van der Waals surface area contributed by atoms with Crippen LogP contribution in [-0.2, 0) is 4.79 Å². The quantitative estimate of drug-likeness (QED) is 0.528. The highest BCUT2D eigenvalue weighted by Gasteiger charge is 2.21. The van der Waals surface area contributed by atoms with Crippen molar-refractivity contribution in [3.05, 3.63) is 30.3 Å². The Morgan fingerprint density at radius 2 is 1.71 bits per heavy atom. The summed E-state index contributed by atoms with van der Waals surface area (Å²) >= 11 is 0. The molecular formula is C24H39N5O2. The molecule has 1 aliphatic heterocycles. The smallest absolute Gasteiger partial charge is 0.315 e. The minimum absolute atomic E-state index is 0.0595. The molecule has 3 N–H and O–H groups in total. The second-order valence-electron chi connectivity index (χ2n) is 8.85. The number of nitrogens with zero attached hydrogens (tertiary/aromatic N) is 2. The molecule has 1 aliphatic carbocycles. The molecule has 1 aromatic carbocycles. The normalized spacial score (nSPS) is 18.9. The maximum atomic E-state index is 12.2. The van der Waals surface area contributed by atoms with Gasteiger partial charge in [0.1, 0.15) is 0 Å². The lowest BCUT2D eigenvalue weighted by molar-refractivity contribution is -0.121. The van der Waals surface area contributed by atoms with Gasteiger partial charge in [0.15, 0.2) is 0 Å². The number of hydrogen-bond acceptors (Lipinski definition) is 4. The van der Waals surface area contributed by atoms with Crippen LogP contribution in [0.4, 0.5) is 10.5 Å². The highest BCUT2D eigenvalue weighted by atomic mass is 16.2. The van der Waals surface area contributed by atoms with Crippen molar-refractivity contribution in [2.75, 3.05) is 44.2 Å². The summed E-state index contributed by atoms with van der Waals surface area (Å²) in [6, 6.07) is 11.1. The van der Waals surface area contributed by atoms with Gasteiger partial charge in [0, 0.05) is 63.5 Å². The summed E-state index contributed by atoms with van der Waals surface area (Å²) in [7, 11) is 0. The van der Waals surface area contributed by atoms with E-state index in [0.29, 0.717) is 38.0 Å². The number of amides is 3. The van der Waals surface area contributed by atoms with Gasteiger partial charge < -0.3 is 20.9 Å². The number of carbonyl (C=O) groups is 2. The van der Waals surface area contributed by atoms with Gasteiger partial charge in [-0.2, -0.15) is 0 Å². The Morgan fingerprint density at radius 3 is 2.42 bits per heavy atom. The van der Waals surface area contributed by atoms with Gasteiger partial charge in [-0.1, -0.05) is 37.5 Å². The van der Waals surface area contributed by atoms with Gasteiger partial charge in [0.05, 0.1) is 0 Å². The molecule has 0 aromatic heterocycles. The van der Waals surface area contributed by atoms with E-state index in [1.807, 2.05) is 6.07 Å². The first-order valence-electron chi connectivity index (χ1n) is 12.0. The van der Waals surface area contributed by atoms with E-state index < -0.39 is 0 Å². The van der Waals surface area contributed by atoms with Gasteiger partial charge in [-0.15, -0.1) is 0 Å². The first-order valence-corrected chi connectivity index (χ1v) is 12.0. The number of hydrogen-bond donors (Lipinski definition) is 3. The van der Waals surface area contributed by atoms with Crippen molar-refractivity contribution in [1.82, 2.24) is 20.9 Å². The highest BCUT2D eigenvalue weighted by Crippen LogP contribution is 2.17. The molecule has 31 heavy (non-hydrogen) atoms. The number of rotatable bonds is 9. The van der Waals surface area contributed by atoms with Gasteiger partial charge in [-0.05, 0) is 38.3 Å². The van der Waals surface area contributed by atoms with E-state index in [0.717, 1.165) is 39.0 Å². The third kappa shape index (κ3) is 8.05. The predicted octanol–water partition coefficient (Wildman–Crippen LogP) is 2.73. The van der Waals surface area contributed by atoms with Gasteiger partial charge >= 0.3 is 6.03 Å². The summed E-state index contributed by atoms with van der Waals surface area (Å²) in [6.07, 6.45) is 6.94. The Bertz CT molecular complexity index is 670. The SMILES string of the molecule is CC(CNC(=O)CCCNC(=O)NC1CCCCC1)N1CCN(c2ccccc2)CC1. The van der Waals surface area contributed by atoms with Crippen molar-refractivity contribution in [1.29, 1.82) is 0 Å².